The van der Waals surface area contributed by atoms with Crippen molar-refractivity contribution in [1.82, 2.24) is 9.21 Å². The van der Waals surface area contributed by atoms with E-state index in [1.54, 1.807) is 12.1 Å². The van der Waals surface area contributed by atoms with Crippen LogP contribution >= 0.6 is 0 Å². The standard InChI is InChI=1S/C20H24N2O3S/c1-16-5-3-4-6-19(16)15-21-11-13-22(14-12-21)26(24,25)20-9-7-18(8-10-20)17(2)23/h3-10H,11-15H2,1-2H3. The van der Waals surface area contributed by atoms with Crippen LogP contribution in [0.2, 0.25) is 0 Å². The highest BCUT2D eigenvalue weighted by molar-refractivity contribution is 7.89. The molecule has 1 heterocycles. The summed E-state index contributed by atoms with van der Waals surface area (Å²) in [5.41, 5.74) is 3.06. The molecule has 2 aromatic carbocycles. The Kier molecular flexibility index (Phi) is 5.55. The lowest BCUT2D eigenvalue weighted by Gasteiger charge is -2.34. The van der Waals surface area contributed by atoms with Crippen LogP contribution in [0.5, 0.6) is 0 Å². The number of Topliss-reactive ketones (excluding diaryl/α,β-unsaturated/α-hetero) is 1. The van der Waals surface area contributed by atoms with Crippen LogP contribution < -0.4 is 0 Å². The van der Waals surface area contributed by atoms with Crippen LogP contribution in [-0.2, 0) is 16.6 Å². The van der Waals surface area contributed by atoms with E-state index in [2.05, 4.69) is 24.0 Å². The van der Waals surface area contributed by atoms with Gasteiger partial charge in [-0.25, -0.2) is 8.42 Å². The van der Waals surface area contributed by atoms with Crippen molar-refractivity contribution in [3.05, 3.63) is 65.2 Å². The summed E-state index contributed by atoms with van der Waals surface area (Å²) in [4.78, 5) is 13.9. The second kappa shape index (κ2) is 7.70. The fraction of sp³-hybridized carbons (Fsp3) is 0.350. The van der Waals surface area contributed by atoms with Crippen LogP contribution in [0.3, 0.4) is 0 Å². The average molecular weight is 372 g/mol. The Morgan fingerprint density at radius 2 is 1.58 bits per heavy atom. The first kappa shape index (κ1) is 18.8. The first-order chi connectivity index (χ1) is 12.4. The molecule has 6 heteroatoms. The maximum atomic E-state index is 12.8. The molecule has 0 atom stereocenters. The summed E-state index contributed by atoms with van der Waals surface area (Å²) in [6, 6.07) is 14.5. The Balaban J connectivity index is 1.65. The Morgan fingerprint density at radius 1 is 0.962 bits per heavy atom. The molecule has 0 aliphatic carbocycles. The summed E-state index contributed by atoms with van der Waals surface area (Å²) in [5, 5.41) is 0. The molecule has 1 aliphatic heterocycles. The van der Waals surface area contributed by atoms with Crippen molar-refractivity contribution in [2.75, 3.05) is 26.2 Å². The van der Waals surface area contributed by atoms with Crippen molar-refractivity contribution in [3.63, 3.8) is 0 Å². The van der Waals surface area contributed by atoms with Crippen molar-refractivity contribution in [3.8, 4) is 0 Å². The maximum absolute atomic E-state index is 12.8. The van der Waals surface area contributed by atoms with Gasteiger partial charge in [-0.2, -0.15) is 4.31 Å². The SMILES string of the molecule is CC(=O)c1ccc(S(=O)(=O)N2CCN(Cc3ccccc3C)CC2)cc1. The summed E-state index contributed by atoms with van der Waals surface area (Å²) in [6.07, 6.45) is 0. The van der Waals surface area contributed by atoms with Gasteiger partial charge in [-0.1, -0.05) is 36.4 Å². The summed E-state index contributed by atoms with van der Waals surface area (Å²) >= 11 is 0. The molecule has 3 rings (SSSR count). The Morgan fingerprint density at radius 3 is 2.15 bits per heavy atom. The zero-order valence-electron chi connectivity index (χ0n) is 15.2. The van der Waals surface area contributed by atoms with E-state index < -0.39 is 10.0 Å². The molecule has 1 aliphatic rings. The van der Waals surface area contributed by atoms with Gasteiger partial charge in [0.2, 0.25) is 10.0 Å². The molecular formula is C20H24N2O3S. The van der Waals surface area contributed by atoms with Gasteiger partial charge in [0.1, 0.15) is 0 Å². The summed E-state index contributed by atoms with van der Waals surface area (Å²) in [6.45, 7) is 6.77. The molecule has 0 spiro atoms. The average Bonchev–Trinajstić information content (AvgIpc) is 2.64. The van der Waals surface area contributed by atoms with Gasteiger partial charge >= 0.3 is 0 Å². The molecule has 0 aromatic heterocycles. The lowest BCUT2D eigenvalue weighted by molar-refractivity contribution is 0.101. The van der Waals surface area contributed by atoms with Crippen molar-refractivity contribution in [1.29, 1.82) is 0 Å². The van der Waals surface area contributed by atoms with E-state index in [0.717, 1.165) is 6.54 Å². The first-order valence-corrected chi connectivity index (χ1v) is 10.2. The molecule has 26 heavy (non-hydrogen) atoms. The highest BCUT2D eigenvalue weighted by atomic mass is 32.2. The van der Waals surface area contributed by atoms with Crippen molar-refractivity contribution in [2.45, 2.75) is 25.3 Å². The molecule has 1 fully saturated rings. The molecule has 0 radical (unpaired) electrons. The molecule has 0 N–H and O–H groups in total. The number of hydrogen-bond acceptors (Lipinski definition) is 4. The minimum atomic E-state index is -3.51. The monoisotopic (exact) mass is 372 g/mol. The lowest BCUT2D eigenvalue weighted by Crippen LogP contribution is -2.48. The zero-order valence-corrected chi connectivity index (χ0v) is 16.0. The molecule has 2 aromatic rings. The maximum Gasteiger partial charge on any atom is 0.243 e. The normalized spacial score (nSPS) is 16.5. The number of carbonyl (C=O) groups is 1. The number of piperazine rings is 1. The van der Waals surface area contributed by atoms with Gasteiger partial charge in [0.05, 0.1) is 4.90 Å². The molecule has 0 unspecified atom stereocenters. The van der Waals surface area contributed by atoms with Crippen LogP contribution in [0, 0.1) is 6.92 Å². The van der Waals surface area contributed by atoms with Crippen LogP contribution in [0.4, 0.5) is 0 Å². The van der Waals surface area contributed by atoms with Crippen LogP contribution in [0.25, 0.3) is 0 Å². The number of hydrogen-bond donors (Lipinski definition) is 0. The van der Waals surface area contributed by atoms with Crippen molar-refractivity contribution < 1.29 is 13.2 Å². The number of ketones is 1. The van der Waals surface area contributed by atoms with E-state index in [4.69, 9.17) is 0 Å². The summed E-state index contributed by atoms with van der Waals surface area (Å²) in [7, 11) is -3.51. The van der Waals surface area contributed by atoms with Crippen molar-refractivity contribution in [2.24, 2.45) is 0 Å². The third kappa shape index (κ3) is 4.03. The van der Waals surface area contributed by atoms with Gasteiger partial charge in [0.15, 0.2) is 5.78 Å². The fourth-order valence-electron chi connectivity index (χ4n) is 3.17. The van der Waals surface area contributed by atoms with Gasteiger partial charge in [-0.15, -0.1) is 0 Å². The van der Waals surface area contributed by atoms with Gasteiger partial charge in [0.25, 0.3) is 0 Å². The number of rotatable bonds is 5. The molecule has 138 valence electrons. The van der Waals surface area contributed by atoms with Crippen LogP contribution in [0.1, 0.15) is 28.4 Å². The largest absolute Gasteiger partial charge is 0.296 e. The van der Waals surface area contributed by atoms with Gasteiger partial charge in [0, 0.05) is 38.3 Å². The predicted molar refractivity (Wildman–Crippen MR) is 102 cm³/mol. The highest BCUT2D eigenvalue weighted by Crippen LogP contribution is 2.20. The van der Waals surface area contributed by atoms with E-state index in [-0.39, 0.29) is 10.7 Å². The molecule has 1 saturated heterocycles. The first-order valence-electron chi connectivity index (χ1n) is 8.76. The van der Waals surface area contributed by atoms with Crippen LogP contribution in [0.15, 0.2) is 53.4 Å². The Bertz CT molecular complexity index is 884. The lowest BCUT2D eigenvalue weighted by atomic mass is 10.1. The third-order valence-corrected chi connectivity index (χ3v) is 6.80. The van der Waals surface area contributed by atoms with Gasteiger partial charge in [-0.3, -0.25) is 9.69 Å². The number of aryl methyl sites for hydroxylation is 1. The summed E-state index contributed by atoms with van der Waals surface area (Å²) < 4.78 is 27.2. The van der Waals surface area contributed by atoms with Crippen LogP contribution in [-0.4, -0.2) is 49.6 Å². The quantitative estimate of drug-likeness (QED) is 0.757. The molecule has 0 amide bonds. The van der Waals surface area contributed by atoms with E-state index in [1.165, 1.54) is 34.5 Å². The smallest absolute Gasteiger partial charge is 0.243 e. The Labute approximate surface area is 155 Å². The number of benzene rings is 2. The molecule has 0 saturated carbocycles. The van der Waals surface area contributed by atoms with Gasteiger partial charge < -0.3 is 0 Å². The van der Waals surface area contributed by atoms with E-state index in [1.807, 2.05) is 12.1 Å². The number of nitrogens with zero attached hydrogens (tertiary/aromatic N) is 2. The van der Waals surface area contributed by atoms with E-state index in [0.29, 0.717) is 31.7 Å². The van der Waals surface area contributed by atoms with Gasteiger partial charge in [-0.05, 0) is 37.1 Å². The minimum Gasteiger partial charge on any atom is -0.296 e. The second-order valence-corrected chi connectivity index (χ2v) is 8.63. The third-order valence-electron chi connectivity index (χ3n) is 4.89. The topological polar surface area (TPSA) is 57.7 Å². The zero-order chi connectivity index (χ0) is 18.7. The van der Waals surface area contributed by atoms with E-state index >= 15 is 0 Å². The minimum absolute atomic E-state index is 0.0706. The second-order valence-electron chi connectivity index (χ2n) is 6.69. The summed E-state index contributed by atoms with van der Waals surface area (Å²) in [5.74, 6) is -0.0706. The number of carbonyl (C=O) groups excluding carboxylic acids is 1. The molecule has 0 bridgehead atoms. The highest BCUT2D eigenvalue weighted by Gasteiger charge is 2.28. The van der Waals surface area contributed by atoms with Crippen molar-refractivity contribution >= 4 is 15.8 Å². The molecular weight excluding hydrogens is 348 g/mol. The molecule has 5 nitrogen and oxygen atoms in total. The van der Waals surface area contributed by atoms with E-state index in [9.17, 15) is 13.2 Å². The number of sulfonamides is 1. The Hall–Kier alpha value is -2.02. The fourth-order valence-corrected chi connectivity index (χ4v) is 4.59. The predicted octanol–water partition coefficient (Wildman–Crippen LogP) is 2.70.